The highest BCUT2D eigenvalue weighted by Crippen LogP contribution is 2.51. The highest BCUT2D eigenvalue weighted by atomic mass is 28.3. The van der Waals surface area contributed by atoms with Gasteiger partial charge in [0.15, 0.2) is 0 Å². The second-order valence-corrected chi connectivity index (χ2v) is 19.1. The van der Waals surface area contributed by atoms with Crippen molar-refractivity contribution in [1.29, 1.82) is 0 Å². The molecule has 1 saturated heterocycles. The zero-order valence-corrected chi connectivity index (χ0v) is 28.5. The normalized spacial score (nSPS) is 16.4. The summed E-state index contributed by atoms with van der Waals surface area (Å²) in [5.74, 6) is 0. The molecule has 0 atom stereocenters. The van der Waals surface area contributed by atoms with E-state index in [1.807, 2.05) is 0 Å². The molecule has 3 aliphatic rings. The molecule has 0 unspecified atom stereocenters. The Balaban J connectivity index is 1.24. The Hall–Kier alpha value is -4.72. The van der Waals surface area contributed by atoms with E-state index in [0.717, 1.165) is 0 Å². The molecule has 47 heavy (non-hydrogen) atoms. The second kappa shape index (κ2) is 9.66. The van der Waals surface area contributed by atoms with Gasteiger partial charge in [0.2, 0.25) is 0 Å². The van der Waals surface area contributed by atoms with Crippen LogP contribution in [0.5, 0.6) is 0 Å². The van der Waals surface area contributed by atoms with Gasteiger partial charge in [-0.25, -0.2) is 0 Å². The van der Waals surface area contributed by atoms with Gasteiger partial charge in [0.1, 0.15) is 8.07 Å². The van der Waals surface area contributed by atoms with E-state index in [4.69, 9.17) is 0 Å². The molecule has 7 aromatic carbocycles. The molecule has 0 aromatic heterocycles. The number of aryl methyl sites for hydroxylation is 1. The molecule has 0 saturated carbocycles. The van der Waals surface area contributed by atoms with E-state index in [2.05, 4.69) is 148 Å². The van der Waals surface area contributed by atoms with E-state index in [1.165, 1.54) is 108 Å². The van der Waals surface area contributed by atoms with Crippen LogP contribution in [-0.4, -0.2) is 8.07 Å². The minimum atomic E-state index is -1.65. The largest absolute Gasteiger partial charge is 0.119 e. The van der Waals surface area contributed by atoms with Crippen molar-refractivity contribution >= 4 is 40.0 Å². The van der Waals surface area contributed by atoms with Crippen LogP contribution >= 0.6 is 0 Å². The molecule has 1 heteroatoms. The summed E-state index contributed by atoms with van der Waals surface area (Å²) in [5.41, 5.74) is 15.2. The van der Waals surface area contributed by atoms with Crippen LogP contribution in [0.2, 0.25) is 12.1 Å². The van der Waals surface area contributed by atoms with Gasteiger partial charge in [-0.1, -0.05) is 148 Å². The average molecular weight is 619 g/mol. The lowest BCUT2D eigenvalue weighted by molar-refractivity contribution is 0.660. The van der Waals surface area contributed by atoms with E-state index in [0.29, 0.717) is 0 Å². The summed E-state index contributed by atoms with van der Waals surface area (Å²) < 4.78 is 0. The third-order valence-electron chi connectivity index (χ3n) is 12.1. The molecule has 0 nitrogen and oxygen atoms in total. The van der Waals surface area contributed by atoms with Crippen molar-refractivity contribution in [3.05, 3.63) is 144 Å². The monoisotopic (exact) mass is 618 g/mol. The molecule has 1 spiro atoms. The first-order chi connectivity index (χ1) is 23.0. The van der Waals surface area contributed by atoms with Crippen LogP contribution in [-0.2, 0) is 5.41 Å². The molecule has 0 radical (unpaired) electrons. The molecule has 0 amide bonds. The van der Waals surface area contributed by atoms with Crippen molar-refractivity contribution in [2.75, 3.05) is 0 Å². The topological polar surface area (TPSA) is 0 Å². The molecule has 7 aromatic rings. The minimum absolute atomic E-state index is 0.0376. The van der Waals surface area contributed by atoms with Crippen LogP contribution in [0.3, 0.4) is 0 Å². The minimum Gasteiger partial charge on any atom is -0.0623 e. The van der Waals surface area contributed by atoms with Crippen molar-refractivity contribution in [2.45, 2.75) is 51.1 Å². The molecule has 226 valence electrons. The number of hydrogen-bond donors (Lipinski definition) is 0. The number of benzene rings is 7. The molecule has 10 rings (SSSR count). The maximum atomic E-state index is 2.56. The lowest BCUT2D eigenvalue weighted by Gasteiger charge is -2.24. The molecule has 0 bridgehead atoms. The fourth-order valence-corrected chi connectivity index (χ4v) is 15.5. The molecule has 1 aliphatic carbocycles. The second-order valence-electron chi connectivity index (χ2n) is 14.9. The predicted octanol–water partition coefficient (Wildman–Crippen LogP) is 11.3. The lowest BCUT2D eigenvalue weighted by Crippen LogP contribution is -2.52. The van der Waals surface area contributed by atoms with Gasteiger partial charge in [-0.2, -0.15) is 0 Å². The molecule has 0 N–H and O–H groups in total. The first-order valence-corrected chi connectivity index (χ1v) is 19.8. The lowest BCUT2D eigenvalue weighted by atomic mass is 9.80. The van der Waals surface area contributed by atoms with E-state index >= 15 is 0 Å². The first kappa shape index (κ1) is 27.4. The fourth-order valence-electron chi connectivity index (χ4n) is 9.91. The third-order valence-corrected chi connectivity index (χ3v) is 17.4. The summed E-state index contributed by atoms with van der Waals surface area (Å²) in [6.07, 6.45) is 2.76. The highest BCUT2D eigenvalue weighted by molar-refractivity contribution is 7.06. The van der Waals surface area contributed by atoms with E-state index in [1.54, 1.807) is 10.4 Å². The summed E-state index contributed by atoms with van der Waals surface area (Å²) in [4.78, 5) is 0. The zero-order chi connectivity index (χ0) is 31.5. The van der Waals surface area contributed by atoms with Crippen LogP contribution < -0.4 is 10.4 Å². The summed E-state index contributed by atoms with van der Waals surface area (Å²) in [6.45, 7) is 7.00. The van der Waals surface area contributed by atoms with E-state index in [-0.39, 0.29) is 5.41 Å². The number of fused-ring (bicyclic) bond motifs is 10. The molecule has 2 aliphatic heterocycles. The fraction of sp³-hybridized carbons (Fsp3) is 0.174. The zero-order valence-electron chi connectivity index (χ0n) is 27.5. The molecule has 2 heterocycles. The third kappa shape index (κ3) is 3.64. The molecular formula is C46H38Si. The van der Waals surface area contributed by atoms with Gasteiger partial charge in [0, 0.05) is 5.41 Å². The Labute approximate surface area is 278 Å². The van der Waals surface area contributed by atoms with Crippen molar-refractivity contribution < 1.29 is 0 Å². The van der Waals surface area contributed by atoms with Crippen molar-refractivity contribution in [2.24, 2.45) is 0 Å². The summed E-state index contributed by atoms with van der Waals surface area (Å²) in [5, 5.41) is 8.72. The first-order valence-electron chi connectivity index (χ1n) is 17.4. The number of hydrogen-bond acceptors (Lipinski definition) is 0. The van der Waals surface area contributed by atoms with Gasteiger partial charge >= 0.3 is 0 Å². The molecular weight excluding hydrogens is 581 g/mol. The summed E-state index contributed by atoms with van der Waals surface area (Å²) in [6, 6.07) is 52.2. The van der Waals surface area contributed by atoms with E-state index < -0.39 is 8.07 Å². The van der Waals surface area contributed by atoms with Crippen LogP contribution in [0.15, 0.2) is 127 Å². The maximum Gasteiger partial charge on any atom is 0.119 e. The Morgan fingerprint density at radius 1 is 0.468 bits per heavy atom. The van der Waals surface area contributed by atoms with Gasteiger partial charge < -0.3 is 0 Å². The summed E-state index contributed by atoms with van der Waals surface area (Å²) in [7, 11) is -1.65. The summed E-state index contributed by atoms with van der Waals surface area (Å²) >= 11 is 0. The van der Waals surface area contributed by atoms with E-state index in [9.17, 15) is 0 Å². The quantitative estimate of drug-likeness (QED) is 0.134. The number of rotatable bonds is 2. The van der Waals surface area contributed by atoms with Gasteiger partial charge in [-0.05, 0) is 119 Å². The van der Waals surface area contributed by atoms with Gasteiger partial charge in [-0.3, -0.25) is 0 Å². The van der Waals surface area contributed by atoms with Crippen LogP contribution in [0.25, 0.3) is 66.1 Å². The Bertz CT molecular complexity index is 2450. The molecule has 1 fully saturated rings. The SMILES string of the molecule is Cc1ccc2c(-c3ccc4c(c3)-c3ccccc3[Si]43CCCC3)c3ccccc3c(-c3ccc4c(c3)C(C)(C)c3ccccc3-4)c2c1. The standard InChI is InChI=1S/C46H38Si/c1-29-18-21-37-39(26-29)45(31-19-22-33-32-12-6-8-16-40(32)46(2,3)41(33)28-31)36-15-5-4-14-35(36)44(37)30-20-23-43-38(27-30)34-13-7-9-17-42(34)47(43)24-10-11-25-47/h4-9,12-23,26-28H,10-11,24-25H2,1-3H3. The highest BCUT2D eigenvalue weighted by Gasteiger charge is 2.47. The van der Waals surface area contributed by atoms with Crippen molar-refractivity contribution in [1.82, 2.24) is 0 Å². The van der Waals surface area contributed by atoms with Gasteiger partial charge in [-0.15, -0.1) is 0 Å². The van der Waals surface area contributed by atoms with Crippen molar-refractivity contribution in [3.63, 3.8) is 0 Å². The maximum absolute atomic E-state index is 2.56. The van der Waals surface area contributed by atoms with Gasteiger partial charge in [0.05, 0.1) is 0 Å². The van der Waals surface area contributed by atoms with Gasteiger partial charge in [0.25, 0.3) is 0 Å². The van der Waals surface area contributed by atoms with Crippen LogP contribution in [0.4, 0.5) is 0 Å². The smallest absolute Gasteiger partial charge is 0.0623 e. The Morgan fingerprint density at radius 2 is 1.06 bits per heavy atom. The predicted molar refractivity (Wildman–Crippen MR) is 204 cm³/mol. The van der Waals surface area contributed by atoms with Crippen molar-refractivity contribution in [3.8, 4) is 44.5 Å². The Morgan fingerprint density at radius 3 is 1.87 bits per heavy atom. The van der Waals surface area contributed by atoms with Crippen LogP contribution in [0.1, 0.15) is 43.4 Å². The Kier molecular flexibility index (Phi) is 5.63. The average Bonchev–Trinajstić information content (AvgIpc) is 3.76. The van der Waals surface area contributed by atoms with Crippen LogP contribution in [0, 0.1) is 6.92 Å².